The molecule has 0 radical (unpaired) electrons. The van der Waals surface area contributed by atoms with Crippen LogP contribution in [0.4, 0.5) is 10.1 Å². The molecule has 3 aliphatic heterocycles. The Morgan fingerprint density at radius 2 is 2.00 bits per heavy atom. The topological polar surface area (TPSA) is 69.1 Å². The van der Waals surface area contributed by atoms with Crippen LogP contribution in [0.5, 0.6) is 11.5 Å². The van der Waals surface area contributed by atoms with Gasteiger partial charge in [0.1, 0.15) is 18.2 Å². The van der Waals surface area contributed by atoms with Crippen LogP contribution in [0.25, 0.3) is 11.0 Å². The van der Waals surface area contributed by atoms with Gasteiger partial charge < -0.3 is 23.7 Å². The number of para-hydroxylation sites is 1. The summed E-state index contributed by atoms with van der Waals surface area (Å²) in [5.41, 5.74) is 3.98. The SMILES string of the molecule is CCC(=O)c1ccc2nc(CN3CCN(c4cccc5c4OC(c4ccc(Cl)cc4F)CO5)C[C@@H]3C)n(C[C@@H]3CCO3)c2c1. The van der Waals surface area contributed by atoms with E-state index < -0.39 is 11.9 Å². The van der Waals surface area contributed by atoms with Crippen LogP contribution in [-0.2, 0) is 17.8 Å². The van der Waals surface area contributed by atoms with E-state index >= 15 is 0 Å². The Labute approximate surface area is 261 Å². The summed E-state index contributed by atoms with van der Waals surface area (Å²) in [6, 6.07) is 16.6. The summed E-state index contributed by atoms with van der Waals surface area (Å²) in [6.45, 7) is 8.94. The lowest BCUT2D eigenvalue weighted by Gasteiger charge is -2.42. The lowest BCUT2D eigenvalue weighted by atomic mass is 10.1. The van der Waals surface area contributed by atoms with Crippen molar-refractivity contribution in [2.24, 2.45) is 0 Å². The maximum absolute atomic E-state index is 14.7. The van der Waals surface area contributed by atoms with Crippen molar-refractivity contribution >= 4 is 34.1 Å². The standard InChI is InChI=1S/C34H36ClFN4O4/c1-3-30(41)22-7-10-27-29(15-22)40(18-24-11-14-42-24)33(37-27)19-38-12-13-39(17-21(38)2)28-5-4-6-31-34(28)44-32(20-43-31)25-9-8-23(35)16-26(25)36/h4-10,15-16,21,24,32H,3,11-14,17-20H2,1-2H3/t21-,24-,32?/m0/s1. The fourth-order valence-electron chi connectivity index (χ4n) is 6.38. The molecule has 0 amide bonds. The van der Waals surface area contributed by atoms with Crippen molar-refractivity contribution in [3.63, 3.8) is 0 Å². The number of benzene rings is 3. The van der Waals surface area contributed by atoms with Crippen LogP contribution in [0.1, 0.15) is 54.5 Å². The Hall–Kier alpha value is -3.66. The van der Waals surface area contributed by atoms with Crippen LogP contribution in [0.15, 0.2) is 54.6 Å². The highest BCUT2D eigenvalue weighted by Gasteiger charge is 2.32. The number of aromatic nitrogens is 2. The number of carbonyl (C=O) groups excluding carboxylic acids is 1. The number of halogens is 2. The quantitative estimate of drug-likeness (QED) is 0.211. The lowest BCUT2D eigenvalue weighted by molar-refractivity contribution is -0.0592. The van der Waals surface area contributed by atoms with E-state index in [-0.39, 0.29) is 24.5 Å². The first kappa shape index (κ1) is 29.1. The summed E-state index contributed by atoms with van der Waals surface area (Å²) in [5, 5.41) is 0.346. The van der Waals surface area contributed by atoms with E-state index in [0.29, 0.717) is 35.1 Å². The number of piperazine rings is 1. The van der Waals surface area contributed by atoms with E-state index in [1.807, 2.05) is 43.3 Å². The fraction of sp³-hybridized carbons (Fsp3) is 0.412. The molecule has 0 bridgehead atoms. The lowest BCUT2D eigenvalue weighted by Crippen LogP contribution is -2.52. The van der Waals surface area contributed by atoms with Crippen LogP contribution in [0.3, 0.4) is 0 Å². The van der Waals surface area contributed by atoms with Gasteiger partial charge in [-0.3, -0.25) is 9.69 Å². The van der Waals surface area contributed by atoms with E-state index in [1.165, 1.54) is 6.07 Å². The maximum atomic E-state index is 14.7. The average Bonchev–Trinajstić information content (AvgIpc) is 3.34. The van der Waals surface area contributed by atoms with Gasteiger partial charge in [0, 0.05) is 54.9 Å². The highest BCUT2D eigenvalue weighted by Crippen LogP contribution is 2.44. The van der Waals surface area contributed by atoms with E-state index in [9.17, 15) is 9.18 Å². The zero-order valence-corrected chi connectivity index (χ0v) is 25.7. The monoisotopic (exact) mass is 618 g/mol. The maximum Gasteiger partial charge on any atom is 0.185 e. The number of imidazole rings is 1. The number of Topliss-reactive ketones (excluding diaryl/α,β-unsaturated/α-hetero) is 1. The normalized spacial score (nSPS) is 21.8. The van der Waals surface area contributed by atoms with E-state index in [4.69, 9.17) is 30.8 Å². The highest BCUT2D eigenvalue weighted by molar-refractivity contribution is 6.30. The second kappa shape index (κ2) is 12.0. The third-order valence-corrected chi connectivity index (χ3v) is 9.25. The molecule has 0 N–H and O–H groups in total. The van der Waals surface area contributed by atoms with Gasteiger partial charge in [0.25, 0.3) is 0 Å². The van der Waals surface area contributed by atoms with Gasteiger partial charge in [0.15, 0.2) is 23.4 Å². The minimum atomic E-state index is -0.569. The number of ketones is 1. The summed E-state index contributed by atoms with van der Waals surface area (Å²) in [7, 11) is 0. The first-order valence-electron chi connectivity index (χ1n) is 15.4. The first-order chi connectivity index (χ1) is 21.4. The molecular formula is C34H36ClFN4O4. The Bertz CT molecular complexity index is 1710. The Morgan fingerprint density at radius 3 is 2.75 bits per heavy atom. The molecule has 3 aromatic carbocycles. The fourth-order valence-corrected chi connectivity index (χ4v) is 6.54. The number of nitrogens with zero attached hydrogens (tertiary/aromatic N) is 4. The zero-order chi connectivity index (χ0) is 30.4. The summed E-state index contributed by atoms with van der Waals surface area (Å²) in [4.78, 5) is 22.3. The number of fused-ring (bicyclic) bond motifs is 2. The molecule has 3 atom stereocenters. The molecule has 230 valence electrons. The van der Waals surface area contributed by atoms with Crippen molar-refractivity contribution in [1.29, 1.82) is 0 Å². The third-order valence-electron chi connectivity index (χ3n) is 9.02. The number of rotatable bonds is 8. The van der Waals surface area contributed by atoms with Crippen LogP contribution in [-0.4, -0.2) is 65.2 Å². The van der Waals surface area contributed by atoms with Gasteiger partial charge in [-0.05, 0) is 55.8 Å². The van der Waals surface area contributed by atoms with Gasteiger partial charge in [0.05, 0.1) is 35.9 Å². The van der Waals surface area contributed by atoms with Crippen molar-refractivity contribution < 1.29 is 23.4 Å². The van der Waals surface area contributed by atoms with Crippen molar-refractivity contribution in [3.05, 3.63) is 82.4 Å². The second-order valence-corrected chi connectivity index (χ2v) is 12.3. The number of hydrogen-bond acceptors (Lipinski definition) is 7. The molecule has 7 rings (SSSR count). The smallest absolute Gasteiger partial charge is 0.185 e. The minimum Gasteiger partial charge on any atom is -0.485 e. The van der Waals surface area contributed by atoms with Gasteiger partial charge in [-0.15, -0.1) is 0 Å². The van der Waals surface area contributed by atoms with Crippen LogP contribution in [0, 0.1) is 5.82 Å². The number of anilines is 1. The van der Waals surface area contributed by atoms with Gasteiger partial charge in [-0.2, -0.15) is 0 Å². The Balaban J connectivity index is 1.10. The molecule has 8 nitrogen and oxygen atoms in total. The van der Waals surface area contributed by atoms with Gasteiger partial charge in [-0.25, -0.2) is 9.37 Å². The second-order valence-electron chi connectivity index (χ2n) is 11.9. The Kier molecular flexibility index (Phi) is 7.95. The predicted octanol–water partition coefficient (Wildman–Crippen LogP) is 6.43. The molecule has 1 unspecified atom stereocenters. The summed E-state index contributed by atoms with van der Waals surface area (Å²) in [6.07, 6.45) is 1.10. The average molecular weight is 619 g/mol. The van der Waals surface area contributed by atoms with E-state index in [0.717, 1.165) is 67.3 Å². The molecule has 0 aliphatic carbocycles. The number of hydrogen-bond donors (Lipinski definition) is 0. The van der Waals surface area contributed by atoms with Crippen LogP contribution < -0.4 is 14.4 Å². The molecule has 0 spiro atoms. The first-order valence-corrected chi connectivity index (χ1v) is 15.8. The van der Waals surface area contributed by atoms with Crippen LogP contribution in [0.2, 0.25) is 5.02 Å². The molecule has 3 aliphatic rings. The van der Waals surface area contributed by atoms with Crippen molar-refractivity contribution in [3.8, 4) is 11.5 Å². The minimum absolute atomic E-state index is 0.132. The largest absolute Gasteiger partial charge is 0.485 e. The van der Waals surface area contributed by atoms with Gasteiger partial charge >= 0.3 is 0 Å². The predicted molar refractivity (Wildman–Crippen MR) is 168 cm³/mol. The molecule has 10 heteroatoms. The van der Waals surface area contributed by atoms with Crippen molar-refractivity contribution in [1.82, 2.24) is 14.5 Å². The number of carbonyl (C=O) groups is 1. The Morgan fingerprint density at radius 1 is 1.14 bits per heavy atom. The van der Waals surface area contributed by atoms with Crippen molar-refractivity contribution in [2.45, 2.75) is 58.0 Å². The molecule has 44 heavy (non-hydrogen) atoms. The molecular weight excluding hydrogens is 583 g/mol. The molecule has 2 fully saturated rings. The molecule has 4 aromatic rings. The van der Waals surface area contributed by atoms with Gasteiger partial charge in [-0.1, -0.05) is 30.7 Å². The van der Waals surface area contributed by atoms with E-state index in [2.05, 4.69) is 21.3 Å². The number of ether oxygens (including phenoxy) is 3. The molecule has 4 heterocycles. The van der Waals surface area contributed by atoms with Crippen molar-refractivity contribution in [2.75, 3.05) is 37.7 Å². The zero-order valence-electron chi connectivity index (χ0n) is 25.0. The van der Waals surface area contributed by atoms with Gasteiger partial charge in [0.2, 0.25) is 0 Å². The molecule has 1 aromatic heterocycles. The summed E-state index contributed by atoms with van der Waals surface area (Å²) < 4.78 is 35.2. The summed E-state index contributed by atoms with van der Waals surface area (Å²) in [5.74, 6) is 2.01. The van der Waals surface area contributed by atoms with Crippen LogP contribution >= 0.6 is 11.6 Å². The molecule has 0 saturated carbocycles. The summed E-state index contributed by atoms with van der Waals surface area (Å²) >= 11 is 5.98. The molecule has 2 saturated heterocycles. The van der Waals surface area contributed by atoms with E-state index in [1.54, 1.807) is 12.1 Å². The third kappa shape index (κ3) is 5.53. The highest BCUT2D eigenvalue weighted by atomic mass is 35.5.